The number of hydrogen-bond acceptors (Lipinski definition) is 1. The van der Waals surface area contributed by atoms with Crippen LogP contribution in [0.2, 0.25) is 0 Å². The summed E-state index contributed by atoms with van der Waals surface area (Å²) in [5.74, 6) is 2.13. The molecule has 1 saturated heterocycles. The molecule has 54 valence electrons. The molecular weight excluding hydrogens is 124 g/mol. The van der Waals surface area contributed by atoms with Crippen molar-refractivity contribution in [3.63, 3.8) is 0 Å². The van der Waals surface area contributed by atoms with Gasteiger partial charge in [-0.3, -0.25) is 0 Å². The van der Waals surface area contributed by atoms with Gasteiger partial charge >= 0.3 is 0 Å². The molecule has 4 rings (SSSR count). The van der Waals surface area contributed by atoms with Crippen molar-refractivity contribution in [2.45, 2.75) is 37.9 Å². The molecular formula is C9H12O. The predicted octanol–water partition coefficient (Wildman–Crippen LogP) is 1.57. The zero-order valence-corrected chi connectivity index (χ0v) is 6.05. The van der Waals surface area contributed by atoms with Gasteiger partial charge in [0.25, 0.3) is 0 Å². The third kappa shape index (κ3) is 0.254. The van der Waals surface area contributed by atoms with Gasteiger partial charge < -0.3 is 4.74 Å². The number of epoxide rings is 1. The van der Waals surface area contributed by atoms with E-state index in [1.54, 1.807) is 0 Å². The molecule has 0 amide bonds. The lowest BCUT2D eigenvalue weighted by atomic mass is 9.43. The Bertz CT molecular complexity index is 207. The fourth-order valence-electron chi connectivity index (χ4n) is 4.09. The van der Waals surface area contributed by atoms with Gasteiger partial charge in [-0.1, -0.05) is 6.42 Å². The molecule has 0 radical (unpaired) electrons. The van der Waals surface area contributed by atoms with Crippen molar-refractivity contribution in [1.82, 2.24) is 0 Å². The third-order valence-corrected chi connectivity index (χ3v) is 4.60. The number of rotatable bonds is 0. The van der Waals surface area contributed by atoms with Crippen LogP contribution in [-0.2, 0) is 4.74 Å². The Hall–Kier alpha value is -0.0400. The molecule has 1 nitrogen and oxygen atoms in total. The van der Waals surface area contributed by atoms with Gasteiger partial charge in [0, 0.05) is 5.41 Å². The molecule has 0 aromatic carbocycles. The van der Waals surface area contributed by atoms with Crippen LogP contribution < -0.4 is 0 Å². The molecule has 5 atom stereocenters. The van der Waals surface area contributed by atoms with Crippen LogP contribution in [-0.4, -0.2) is 12.2 Å². The van der Waals surface area contributed by atoms with Crippen molar-refractivity contribution in [3.05, 3.63) is 0 Å². The molecule has 10 heavy (non-hydrogen) atoms. The van der Waals surface area contributed by atoms with Crippen LogP contribution in [0.3, 0.4) is 0 Å². The fourth-order valence-corrected chi connectivity index (χ4v) is 4.09. The first kappa shape index (κ1) is 4.76. The van der Waals surface area contributed by atoms with Crippen molar-refractivity contribution in [1.29, 1.82) is 0 Å². The minimum absolute atomic E-state index is 0.759. The monoisotopic (exact) mass is 136 g/mol. The number of ether oxygens (including phenoxy) is 1. The van der Waals surface area contributed by atoms with Gasteiger partial charge in [-0.2, -0.15) is 0 Å². The van der Waals surface area contributed by atoms with E-state index in [-0.39, 0.29) is 0 Å². The van der Waals surface area contributed by atoms with Crippen LogP contribution in [0.1, 0.15) is 25.7 Å². The highest BCUT2D eigenvalue weighted by atomic mass is 16.6. The van der Waals surface area contributed by atoms with E-state index in [1.807, 2.05) is 0 Å². The van der Waals surface area contributed by atoms with Crippen LogP contribution in [0.4, 0.5) is 0 Å². The first-order chi connectivity index (χ1) is 4.93. The molecule has 1 aliphatic heterocycles. The van der Waals surface area contributed by atoms with Crippen LogP contribution in [0.15, 0.2) is 0 Å². The summed E-state index contributed by atoms with van der Waals surface area (Å²) in [4.78, 5) is 0. The predicted molar refractivity (Wildman–Crippen MR) is 36.5 cm³/mol. The Labute approximate surface area is 60.7 Å². The van der Waals surface area contributed by atoms with Crippen molar-refractivity contribution < 1.29 is 4.74 Å². The largest absolute Gasteiger partial charge is 0.369 e. The summed E-state index contributed by atoms with van der Waals surface area (Å²) in [5.41, 5.74) is 0.782. The lowest BCUT2D eigenvalue weighted by Gasteiger charge is -2.57. The van der Waals surface area contributed by atoms with Gasteiger partial charge in [-0.05, 0) is 31.1 Å². The molecule has 4 fully saturated rings. The summed E-state index contributed by atoms with van der Waals surface area (Å²) in [6.07, 6.45) is 7.55. The summed E-state index contributed by atoms with van der Waals surface area (Å²) < 4.78 is 5.62. The summed E-state index contributed by atoms with van der Waals surface area (Å²) in [5, 5.41) is 0. The first-order valence-electron chi connectivity index (χ1n) is 4.58. The van der Waals surface area contributed by atoms with Gasteiger partial charge in [0.2, 0.25) is 0 Å². The first-order valence-corrected chi connectivity index (χ1v) is 4.58. The second kappa shape index (κ2) is 1.08. The quantitative estimate of drug-likeness (QED) is 0.460. The molecule has 1 heteroatoms. The second-order valence-corrected chi connectivity index (χ2v) is 4.57. The maximum absolute atomic E-state index is 5.62. The molecule has 0 aromatic rings. The minimum Gasteiger partial charge on any atom is -0.369 e. The zero-order chi connectivity index (χ0) is 6.34. The van der Waals surface area contributed by atoms with E-state index in [1.165, 1.54) is 25.7 Å². The van der Waals surface area contributed by atoms with Crippen LogP contribution >= 0.6 is 0 Å². The van der Waals surface area contributed by atoms with E-state index in [2.05, 4.69) is 0 Å². The van der Waals surface area contributed by atoms with E-state index in [4.69, 9.17) is 4.74 Å². The lowest BCUT2D eigenvalue weighted by molar-refractivity contribution is -0.0815. The SMILES string of the molecule is C1CC2CC3C4OC4C23C1. The molecule has 0 bridgehead atoms. The van der Waals surface area contributed by atoms with Crippen molar-refractivity contribution >= 4 is 0 Å². The Kier molecular flexibility index (Phi) is 0.513. The van der Waals surface area contributed by atoms with Gasteiger partial charge in [0.05, 0.1) is 12.2 Å². The van der Waals surface area contributed by atoms with Crippen LogP contribution in [0.25, 0.3) is 0 Å². The number of fused-ring (bicyclic) bond motifs is 2. The lowest BCUT2D eigenvalue weighted by Crippen LogP contribution is -2.60. The molecule has 4 aliphatic rings. The fraction of sp³-hybridized carbons (Fsp3) is 1.00. The zero-order valence-electron chi connectivity index (χ0n) is 6.05. The molecule has 0 N–H and O–H groups in total. The molecule has 5 unspecified atom stereocenters. The normalized spacial score (nSPS) is 74.4. The van der Waals surface area contributed by atoms with Crippen molar-refractivity contribution in [2.24, 2.45) is 17.3 Å². The van der Waals surface area contributed by atoms with E-state index in [0.717, 1.165) is 29.5 Å². The Morgan fingerprint density at radius 3 is 3.20 bits per heavy atom. The van der Waals surface area contributed by atoms with Gasteiger partial charge in [-0.25, -0.2) is 0 Å². The minimum atomic E-state index is 0.759. The van der Waals surface area contributed by atoms with Crippen molar-refractivity contribution in [3.8, 4) is 0 Å². The third-order valence-electron chi connectivity index (χ3n) is 4.60. The Morgan fingerprint density at radius 2 is 2.40 bits per heavy atom. The van der Waals surface area contributed by atoms with E-state index < -0.39 is 0 Å². The second-order valence-electron chi connectivity index (χ2n) is 4.57. The maximum Gasteiger partial charge on any atom is 0.0907 e. The maximum atomic E-state index is 5.62. The van der Waals surface area contributed by atoms with Gasteiger partial charge in [-0.15, -0.1) is 0 Å². The number of hydrogen-bond donors (Lipinski definition) is 0. The summed E-state index contributed by atoms with van der Waals surface area (Å²) in [6, 6.07) is 0. The highest BCUT2D eigenvalue weighted by molar-refractivity contribution is 5.28. The average Bonchev–Trinajstić information content (AvgIpc) is 2.54. The topological polar surface area (TPSA) is 12.5 Å². The van der Waals surface area contributed by atoms with Crippen molar-refractivity contribution in [2.75, 3.05) is 0 Å². The molecule has 1 spiro atoms. The standard InChI is InChI=1S/C9H12O/c1-2-5-4-6-7-8(10-7)9(5,6)3-1/h5-8H,1-4H2. The summed E-state index contributed by atoms with van der Waals surface area (Å²) in [7, 11) is 0. The summed E-state index contributed by atoms with van der Waals surface area (Å²) >= 11 is 0. The highest BCUT2D eigenvalue weighted by Gasteiger charge is 2.81. The summed E-state index contributed by atoms with van der Waals surface area (Å²) in [6.45, 7) is 0. The van der Waals surface area contributed by atoms with E-state index >= 15 is 0 Å². The molecule has 3 saturated carbocycles. The Morgan fingerprint density at radius 1 is 1.40 bits per heavy atom. The van der Waals surface area contributed by atoms with Crippen LogP contribution in [0.5, 0.6) is 0 Å². The van der Waals surface area contributed by atoms with Crippen LogP contribution in [0, 0.1) is 17.3 Å². The highest BCUT2D eigenvalue weighted by Crippen LogP contribution is 2.78. The molecule has 0 aromatic heterocycles. The van der Waals surface area contributed by atoms with E-state index in [0.29, 0.717) is 0 Å². The average molecular weight is 136 g/mol. The molecule has 3 aliphatic carbocycles. The smallest absolute Gasteiger partial charge is 0.0907 e. The van der Waals surface area contributed by atoms with Gasteiger partial charge in [0.1, 0.15) is 0 Å². The van der Waals surface area contributed by atoms with E-state index in [9.17, 15) is 0 Å². The Balaban J connectivity index is 1.83. The molecule has 1 heterocycles. The van der Waals surface area contributed by atoms with Gasteiger partial charge in [0.15, 0.2) is 0 Å².